The van der Waals surface area contributed by atoms with Gasteiger partial charge in [-0.1, -0.05) is 12.1 Å². The van der Waals surface area contributed by atoms with E-state index in [1.807, 2.05) is 13.0 Å². The lowest BCUT2D eigenvalue weighted by molar-refractivity contribution is -0.120. The lowest BCUT2D eigenvalue weighted by Gasteiger charge is -2.35. The van der Waals surface area contributed by atoms with E-state index in [2.05, 4.69) is 10.3 Å². The number of ether oxygens (including phenoxy) is 3. The molecule has 0 saturated heterocycles. The number of hydrogen-bond acceptors (Lipinski definition) is 5. The lowest BCUT2D eigenvalue weighted by Crippen LogP contribution is -2.40. The van der Waals surface area contributed by atoms with Crippen LogP contribution in [0.1, 0.15) is 26.7 Å². The second-order valence-electron chi connectivity index (χ2n) is 7.41. The quantitative estimate of drug-likeness (QED) is 0.694. The van der Waals surface area contributed by atoms with Crippen molar-refractivity contribution in [1.82, 2.24) is 10.3 Å². The van der Waals surface area contributed by atoms with Crippen LogP contribution in [0.25, 0.3) is 11.1 Å². The molecule has 0 bridgehead atoms. The van der Waals surface area contributed by atoms with Crippen molar-refractivity contribution in [3.8, 4) is 22.8 Å². The van der Waals surface area contributed by atoms with Crippen LogP contribution in [0, 0.1) is 11.7 Å². The van der Waals surface area contributed by atoms with E-state index in [0.717, 1.165) is 24.0 Å². The fourth-order valence-electron chi connectivity index (χ4n) is 3.40. The Labute approximate surface area is 170 Å². The van der Waals surface area contributed by atoms with E-state index in [4.69, 9.17) is 14.2 Å². The predicted octanol–water partition coefficient (Wildman–Crippen LogP) is 3.59. The number of halogens is 1. The number of carbonyl (C=O) groups excluding carboxylic acids is 1. The topological polar surface area (TPSA) is 69.7 Å². The summed E-state index contributed by atoms with van der Waals surface area (Å²) in [6.45, 7) is 4.46. The zero-order valence-corrected chi connectivity index (χ0v) is 17.0. The first kappa shape index (κ1) is 21.0. The molecule has 1 amide bonds. The molecular formula is C22H27FN2O4. The highest BCUT2D eigenvalue weighted by Gasteiger charge is 2.31. The van der Waals surface area contributed by atoms with Gasteiger partial charge in [-0.15, -0.1) is 0 Å². The predicted molar refractivity (Wildman–Crippen MR) is 107 cm³/mol. The van der Waals surface area contributed by atoms with Crippen molar-refractivity contribution in [2.75, 3.05) is 20.3 Å². The van der Waals surface area contributed by atoms with Gasteiger partial charge in [0.25, 0.3) is 5.88 Å². The van der Waals surface area contributed by atoms with Crippen molar-refractivity contribution in [1.29, 1.82) is 0 Å². The van der Waals surface area contributed by atoms with Gasteiger partial charge in [-0.25, -0.2) is 9.37 Å². The van der Waals surface area contributed by atoms with Crippen LogP contribution in [0.5, 0.6) is 11.6 Å². The zero-order chi connectivity index (χ0) is 20.8. The van der Waals surface area contributed by atoms with Gasteiger partial charge in [0.15, 0.2) is 5.75 Å². The average molecular weight is 402 g/mol. The number of hydrogen-bond donors (Lipinski definition) is 1. The summed E-state index contributed by atoms with van der Waals surface area (Å²) in [5, 5.41) is 2.81. The van der Waals surface area contributed by atoms with Crippen molar-refractivity contribution < 1.29 is 23.4 Å². The first-order chi connectivity index (χ1) is 14.0. The number of nitrogens with zero attached hydrogens (tertiary/aromatic N) is 1. The highest BCUT2D eigenvalue weighted by Crippen LogP contribution is 2.37. The molecule has 6 nitrogen and oxygen atoms in total. The first-order valence-corrected chi connectivity index (χ1v) is 9.76. The summed E-state index contributed by atoms with van der Waals surface area (Å²) < 4.78 is 30.5. The van der Waals surface area contributed by atoms with Gasteiger partial charge in [0.2, 0.25) is 5.91 Å². The normalized spacial score (nSPS) is 19.2. The van der Waals surface area contributed by atoms with Gasteiger partial charge >= 0.3 is 0 Å². The van der Waals surface area contributed by atoms with Crippen molar-refractivity contribution in [3.63, 3.8) is 0 Å². The molecule has 3 rings (SSSR count). The van der Waals surface area contributed by atoms with Crippen LogP contribution in [0.4, 0.5) is 4.39 Å². The molecule has 1 saturated carbocycles. The van der Waals surface area contributed by atoms with Gasteiger partial charge in [-0.2, -0.15) is 0 Å². The highest BCUT2D eigenvalue weighted by atomic mass is 19.1. The third kappa shape index (κ3) is 5.67. The maximum absolute atomic E-state index is 13.2. The Hall–Kier alpha value is -2.67. The molecule has 0 radical (unpaired) electrons. The largest absolute Gasteiger partial charge is 0.491 e. The van der Waals surface area contributed by atoms with E-state index >= 15 is 0 Å². The van der Waals surface area contributed by atoms with Gasteiger partial charge in [0, 0.05) is 24.7 Å². The Morgan fingerprint density at radius 2 is 2.00 bits per heavy atom. The van der Waals surface area contributed by atoms with E-state index in [9.17, 15) is 9.18 Å². The molecule has 7 heteroatoms. The maximum Gasteiger partial charge on any atom is 0.257 e. The molecule has 1 fully saturated rings. The molecular weight excluding hydrogens is 375 g/mol. The third-order valence-corrected chi connectivity index (χ3v) is 4.91. The second kappa shape index (κ2) is 9.69. The molecule has 1 aliphatic carbocycles. The van der Waals surface area contributed by atoms with Gasteiger partial charge in [-0.3, -0.25) is 4.79 Å². The number of carbonyl (C=O) groups is 1. The Bertz CT molecular complexity index is 822. The number of methoxy groups -OCH3 is 1. The van der Waals surface area contributed by atoms with Crippen LogP contribution >= 0.6 is 0 Å². The summed E-state index contributed by atoms with van der Waals surface area (Å²) in [5.41, 5.74) is 1.64. The standard InChI is InChI=1S/C22H27FN2O4/c1-14(25-15(2)26)12-28-19-10-16(11-19)13-29-22-21(27-3)20(8-9-24-22)17-4-6-18(23)7-5-17/h4-9,14,16,19H,10-13H2,1-3H3,(H,25,26)/t14-,16?,19?/m0/s1. The van der Waals surface area contributed by atoms with Gasteiger partial charge in [0.05, 0.1) is 26.4 Å². The summed E-state index contributed by atoms with van der Waals surface area (Å²) in [7, 11) is 1.57. The molecule has 1 aromatic carbocycles. The van der Waals surface area contributed by atoms with E-state index in [1.54, 1.807) is 25.4 Å². The number of rotatable bonds is 9. The molecule has 0 aliphatic heterocycles. The fraction of sp³-hybridized carbons (Fsp3) is 0.455. The molecule has 1 N–H and O–H groups in total. The molecule has 1 heterocycles. The molecule has 0 spiro atoms. The summed E-state index contributed by atoms with van der Waals surface area (Å²) in [4.78, 5) is 15.3. The van der Waals surface area contributed by atoms with E-state index in [0.29, 0.717) is 30.8 Å². The molecule has 2 aromatic rings. The number of amides is 1. The van der Waals surface area contributed by atoms with E-state index in [1.165, 1.54) is 19.1 Å². The highest BCUT2D eigenvalue weighted by molar-refractivity contribution is 5.73. The van der Waals surface area contributed by atoms with Crippen LogP contribution in [-0.2, 0) is 9.53 Å². The minimum atomic E-state index is -0.286. The Kier molecular flexibility index (Phi) is 7.04. The van der Waals surface area contributed by atoms with Gasteiger partial charge < -0.3 is 19.5 Å². The van der Waals surface area contributed by atoms with Crippen molar-refractivity contribution in [2.45, 2.75) is 38.8 Å². The Morgan fingerprint density at radius 3 is 2.66 bits per heavy atom. The monoisotopic (exact) mass is 402 g/mol. The van der Waals surface area contributed by atoms with Crippen molar-refractivity contribution in [2.24, 2.45) is 5.92 Å². The summed E-state index contributed by atoms with van der Waals surface area (Å²) in [5.74, 6) is 1.02. The third-order valence-electron chi connectivity index (χ3n) is 4.91. The number of aromatic nitrogens is 1. The first-order valence-electron chi connectivity index (χ1n) is 9.76. The summed E-state index contributed by atoms with van der Waals surface area (Å²) in [6.07, 6.45) is 3.67. The van der Waals surface area contributed by atoms with Gasteiger partial charge in [0.1, 0.15) is 5.82 Å². The molecule has 29 heavy (non-hydrogen) atoms. The fourth-order valence-corrected chi connectivity index (χ4v) is 3.40. The molecule has 1 atom stereocenters. The lowest BCUT2D eigenvalue weighted by atomic mass is 9.83. The smallest absolute Gasteiger partial charge is 0.257 e. The van der Waals surface area contributed by atoms with Crippen molar-refractivity contribution in [3.05, 3.63) is 42.3 Å². The maximum atomic E-state index is 13.2. The number of benzene rings is 1. The minimum absolute atomic E-state index is 0.00506. The zero-order valence-electron chi connectivity index (χ0n) is 17.0. The Morgan fingerprint density at radius 1 is 1.28 bits per heavy atom. The number of pyridine rings is 1. The average Bonchev–Trinajstić information content (AvgIpc) is 2.66. The summed E-state index contributed by atoms with van der Waals surface area (Å²) >= 11 is 0. The molecule has 156 valence electrons. The van der Waals surface area contributed by atoms with Crippen LogP contribution in [0.3, 0.4) is 0 Å². The summed E-state index contributed by atoms with van der Waals surface area (Å²) in [6, 6.07) is 8.06. The molecule has 0 unspecified atom stereocenters. The SMILES string of the molecule is COc1c(-c2ccc(F)cc2)ccnc1OCC1CC(OC[C@H](C)NC(C)=O)C1. The van der Waals surface area contributed by atoms with Crippen molar-refractivity contribution >= 4 is 5.91 Å². The van der Waals surface area contributed by atoms with E-state index < -0.39 is 0 Å². The molecule has 1 aliphatic rings. The van der Waals surface area contributed by atoms with E-state index in [-0.39, 0.29) is 23.9 Å². The second-order valence-corrected chi connectivity index (χ2v) is 7.41. The number of nitrogens with one attached hydrogen (secondary N) is 1. The minimum Gasteiger partial charge on any atom is -0.491 e. The van der Waals surface area contributed by atoms with Crippen LogP contribution in [0.2, 0.25) is 0 Å². The van der Waals surface area contributed by atoms with Crippen LogP contribution in [-0.4, -0.2) is 43.4 Å². The van der Waals surface area contributed by atoms with Crippen LogP contribution in [0.15, 0.2) is 36.5 Å². The van der Waals surface area contributed by atoms with Crippen LogP contribution < -0.4 is 14.8 Å². The molecule has 1 aromatic heterocycles. The Balaban J connectivity index is 1.51. The van der Waals surface area contributed by atoms with Gasteiger partial charge in [-0.05, 0) is 49.4 Å².